The fraction of sp³-hybridized carbons (Fsp3) is 0.214. The quantitative estimate of drug-likeness (QED) is 0.119. The van der Waals surface area contributed by atoms with E-state index in [0.29, 0.717) is 39.9 Å². The summed E-state index contributed by atoms with van der Waals surface area (Å²) in [7, 11) is -7.80. The smallest absolute Gasteiger partial charge is 0.310 e. The number of rotatable bonds is 8. The third kappa shape index (κ3) is 4.91. The van der Waals surface area contributed by atoms with Gasteiger partial charge in [-0.1, -0.05) is 135 Å². The molecule has 5 nitrogen and oxygen atoms in total. The maximum Gasteiger partial charge on any atom is 0.310 e. The summed E-state index contributed by atoms with van der Waals surface area (Å²) in [6.07, 6.45) is 1.79. The fourth-order valence-electron chi connectivity index (χ4n) is 8.64. The van der Waals surface area contributed by atoms with Crippen molar-refractivity contribution < 1.29 is 22.0 Å². The van der Waals surface area contributed by atoms with Crippen LogP contribution in [0.15, 0.2) is 133 Å². The first-order valence-electron chi connectivity index (χ1n) is 16.8. The van der Waals surface area contributed by atoms with Crippen molar-refractivity contribution in [3.63, 3.8) is 0 Å². The summed E-state index contributed by atoms with van der Waals surface area (Å²) in [6.45, 7) is 4.05. The van der Waals surface area contributed by atoms with E-state index in [1.54, 1.807) is 6.07 Å². The largest absolute Gasteiger partial charge is 0.382 e. The number of benzene rings is 6. The molecule has 0 radical (unpaired) electrons. The lowest BCUT2D eigenvalue weighted by Crippen LogP contribution is -2.43. The van der Waals surface area contributed by atoms with Crippen molar-refractivity contribution in [2.75, 3.05) is 5.75 Å². The Morgan fingerprint density at radius 3 is 1.78 bits per heavy atom. The van der Waals surface area contributed by atoms with Crippen LogP contribution in [0.4, 0.5) is 0 Å². The Bertz CT molecular complexity index is 2380. The summed E-state index contributed by atoms with van der Waals surface area (Å²) in [5.74, 6) is -0.0283. The topological polar surface area (TPSA) is 77.5 Å². The van der Waals surface area contributed by atoms with Crippen molar-refractivity contribution in [2.45, 2.75) is 33.1 Å². The van der Waals surface area contributed by atoms with Crippen LogP contribution in [-0.2, 0) is 19.5 Å². The molecule has 0 saturated heterocycles. The van der Waals surface area contributed by atoms with Gasteiger partial charge in [-0.15, -0.1) is 0 Å². The van der Waals surface area contributed by atoms with Crippen molar-refractivity contribution in [2.24, 2.45) is 16.7 Å². The van der Waals surface area contributed by atoms with Crippen LogP contribution in [-0.4, -0.2) is 20.0 Å². The van der Waals surface area contributed by atoms with Crippen molar-refractivity contribution in [1.29, 1.82) is 0 Å². The van der Waals surface area contributed by atoms with Gasteiger partial charge < -0.3 is 8.75 Å². The first-order chi connectivity index (χ1) is 23.6. The van der Waals surface area contributed by atoms with Crippen LogP contribution in [0.3, 0.4) is 0 Å². The Labute approximate surface area is 287 Å². The molecular weight excluding hydrogens is 647 g/mol. The fourth-order valence-corrected chi connectivity index (χ4v) is 13.3. The minimum atomic E-state index is -4.26. The van der Waals surface area contributed by atoms with Crippen molar-refractivity contribution in [3.8, 4) is 16.9 Å². The number of Topliss-reactive ketones (excluding diaryl/α,β-unsaturated/α-hetero) is 1. The Kier molecular flexibility index (Phi) is 7.47. The van der Waals surface area contributed by atoms with Crippen molar-refractivity contribution in [1.82, 2.24) is 0 Å². The van der Waals surface area contributed by atoms with E-state index in [0.717, 1.165) is 28.0 Å². The van der Waals surface area contributed by atoms with Crippen LogP contribution in [0.2, 0.25) is 0 Å². The predicted molar refractivity (Wildman–Crippen MR) is 199 cm³/mol. The van der Waals surface area contributed by atoms with E-state index in [-0.39, 0.29) is 23.2 Å². The summed E-state index contributed by atoms with van der Waals surface area (Å²) >= 11 is 0. The highest BCUT2D eigenvalue weighted by molar-refractivity contribution is 7.87. The van der Waals surface area contributed by atoms with Gasteiger partial charge in [0.2, 0.25) is 0 Å². The van der Waals surface area contributed by atoms with Crippen LogP contribution >= 0.6 is 7.14 Å². The minimum Gasteiger partial charge on any atom is -0.382 e. The van der Waals surface area contributed by atoms with Gasteiger partial charge in [0.05, 0.1) is 11.2 Å². The molecule has 2 fully saturated rings. The highest BCUT2D eigenvalue weighted by Gasteiger charge is 2.65. The molecule has 0 N–H and O–H groups in total. The lowest BCUT2D eigenvalue weighted by molar-refractivity contribution is -0.128. The molecule has 0 unspecified atom stereocenters. The Morgan fingerprint density at radius 2 is 1.22 bits per heavy atom. The molecule has 6 aromatic rings. The molecule has 0 aliphatic heterocycles. The average Bonchev–Trinajstić information content (AvgIpc) is 3.46. The Hall–Kier alpha value is -4.51. The summed E-state index contributed by atoms with van der Waals surface area (Å²) in [4.78, 5) is 13.4. The van der Waals surface area contributed by atoms with Gasteiger partial charge in [0, 0.05) is 33.5 Å². The Balaban J connectivity index is 1.41. The van der Waals surface area contributed by atoms with E-state index < -0.39 is 28.1 Å². The summed E-state index contributed by atoms with van der Waals surface area (Å²) in [5.41, 5.74) is -0.200. The minimum absolute atomic E-state index is 0.0164. The number of hydrogen-bond donors (Lipinski definition) is 0. The van der Waals surface area contributed by atoms with Gasteiger partial charge in [-0.3, -0.25) is 4.79 Å². The second-order valence-corrected chi connectivity index (χ2v) is 18.4. The molecule has 2 atom stereocenters. The van der Waals surface area contributed by atoms with Crippen molar-refractivity contribution >= 4 is 60.5 Å². The first-order valence-corrected chi connectivity index (χ1v) is 20.0. The molecule has 2 aliphatic rings. The van der Waals surface area contributed by atoms with Gasteiger partial charge >= 0.3 is 10.1 Å². The molecule has 49 heavy (non-hydrogen) atoms. The normalized spacial score (nSPS) is 20.2. The zero-order chi connectivity index (χ0) is 34.0. The van der Waals surface area contributed by atoms with Gasteiger partial charge in [0.25, 0.3) is 0 Å². The predicted octanol–water partition coefficient (Wildman–Crippen LogP) is 8.40. The van der Waals surface area contributed by atoms with Gasteiger partial charge in [0.15, 0.2) is 12.9 Å². The first kappa shape index (κ1) is 31.7. The molecule has 6 aromatic carbocycles. The molecule has 2 aliphatic carbocycles. The van der Waals surface area contributed by atoms with Gasteiger partial charge in [-0.05, 0) is 57.9 Å². The third-order valence-corrected chi connectivity index (χ3v) is 15.8. The monoisotopic (exact) mass is 684 g/mol. The van der Waals surface area contributed by atoms with E-state index in [1.165, 1.54) is 0 Å². The van der Waals surface area contributed by atoms with Crippen LogP contribution in [0.5, 0.6) is 5.75 Å². The molecule has 7 heteroatoms. The van der Waals surface area contributed by atoms with Crippen LogP contribution in [0.25, 0.3) is 32.7 Å². The molecule has 0 spiro atoms. The van der Waals surface area contributed by atoms with Gasteiger partial charge in [-0.25, -0.2) is 0 Å². The van der Waals surface area contributed by atoms with Crippen LogP contribution < -0.4 is 20.1 Å². The SMILES string of the molecule is CC1(C)[C@@H]2CC[C@@]1(CS(=O)(=O)Oc1ccc3ccccc3c1-c1c(P(=O)(c3ccccc3)c3ccccc3)ccc3ccccc13)C(=O)C2. The van der Waals surface area contributed by atoms with E-state index >= 15 is 4.57 Å². The second kappa shape index (κ2) is 11.5. The molecule has 0 amide bonds. The lowest BCUT2D eigenvalue weighted by Gasteiger charge is -2.35. The standard InChI is InChI=1S/C42H37O5PS/c1-41(2)31-25-26-42(41,38(43)27-31)28-49(45,46)47-36-23-21-29-13-9-11-19-34(29)39(36)40-35-20-12-10-14-30(35)22-24-37(40)48(44,32-15-5-3-6-16-32)33-17-7-4-8-18-33/h3-24,31H,25-28H2,1-2H3/t31-,42-/m1/s1. The summed E-state index contributed by atoms with van der Waals surface area (Å²) < 4.78 is 50.7. The molecule has 0 aromatic heterocycles. The number of carbonyl (C=O) groups is 1. The number of carbonyl (C=O) groups excluding carboxylic acids is 1. The van der Waals surface area contributed by atoms with E-state index in [9.17, 15) is 13.2 Å². The zero-order valence-corrected chi connectivity index (χ0v) is 29.2. The summed E-state index contributed by atoms with van der Waals surface area (Å²) in [6, 6.07) is 42.1. The maximum absolute atomic E-state index is 16.0. The average molecular weight is 685 g/mol. The van der Waals surface area contributed by atoms with E-state index in [2.05, 4.69) is 0 Å². The third-order valence-electron chi connectivity index (χ3n) is 11.4. The number of fused-ring (bicyclic) bond motifs is 4. The molecular formula is C42H37O5PS. The maximum atomic E-state index is 16.0. The summed E-state index contributed by atoms with van der Waals surface area (Å²) in [5, 5.41) is 5.35. The molecule has 0 heterocycles. The van der Waals surface area contributed by atoms with E-state index in [1.807, 2.05) is 141 Å². The zero-order valence-electron chi connectivity index (χ0n) is 27.5. The number of ketones is 1. The van der Waals surface area contributed by atoms with Gasteiger partial charge in [-0.2, -0.15) is 8.42 Å². The lowest BCUT2D eigenvalue weighted by atomic mass is 9.70. The van der Waals surface area contributed by atoms with Gasteiger partial charge in [0.1, 0.15) is 5.78 Å². The highest BCUT2D eigenvalue weighted by Crippen LogP contribution is 2.64. The van der Waals surface area contributed by atoms with Crippen molar-refractivity contribution in [3.05, 3.63) is 133 Å². The molecule has 2 saturated carbocycles. The molecule has 246 valence electrons. The van der Waals surface area contributed by atoms with Crippen LogP contribution in [0, 0.1) is 16.7 Å². The van der Waals surface area contributed by atoms with E-state index in [4.69, 9.17) is 4.18 Å². The number of hydrogen-bond acceptors (Lipinski definition) is 5. The molecule has 2 bridgehead atoms. The Morgan fingerprint density at radius 1 is 0.694 bits per heavy atom. The van der Waals surface area contributed by atoms with Crippen LogP contribution in [0.1, 0.15) is 33.1 Å². The highest BCUT2D eigenvalue weighted by atomic mass is 32.2. The molecule has 8 rings (SSSR count). The second-order valence-electron chi connectivity index (χ2n) is 14.1.